The van der Waals surface area contributed by atoms with Crippen LogP contribution in [0.4, 0.5) is 0 Å². The Bertz CT molecular complexity index is 683. The highest BCUT2D eigenvalue weighted by molar-refractivity contribution is 7.89. The monoisotopic (exact) mass is 341 g/mol. The first kappa shape index (κ1) is 17.3. The highest BCUT2D eigenvalue weighted by Gasteiger charge is 2.18. The number of nitrogens with one attached hydrogen (secondary N) is 1. The molecule has 0 amide bonds. The van der Waals surface area contributed by atoms with Crippen molar-refractivity contribution in [1.29, 1.82) is 0 Å². The van der Waals surface area contributed by atoms with E-state index >= 15 is 0 Å². The number of benzene rings is 1. The second kappa shape index (κ2) is 8.55. The quantitative estimate of drug-likeness (QED) is 0.669. The van der Waals surface area contributed by atoms with Crippen LogP contribution in [0.15, 0.2) is 23.1 Å². The van der Waals surface area contributed by atoms with Crippen molar-refractivity contribution in [3.05, 3.63) is 18.2 Å². The topological polar surface area (TPSA) is 72.0 Å². The molecule has 122 valence electrons. The second-order valence-corrected chi connectivity index (χ2v) is 7.67. The van der Waals surface area contributed by atoms with Crippen molar-refractivity contribution in [2.24, 2.45) is 0 Å². The smallest absolute Gasteiger partial charge is 0.211 e. The number of hydrogen-bond acceptors (Lipinski definition) is 5. The maximum atomic E-state index is 12.3. The number of sulfonamides is 1. The highest BCUT2D eigenvalue weighted by Crippen LogP contribution is 2.20. The Labute approximate surface area is 136 Å². The Hall–Kier alpha value is -1.05. The summed E-state index contributed by atoms with van der Waals surface area (Å²) in [5.41, 5.74) is 1.09. The van der Waals surface area contributed by atoms with Gasteiger partial charge in [-0.25, -0.2) is 13.1 Å². The van der Waals surface area contributed by atoms with Gasteiger partial charge >= 0.3 is 0 Å². The minimum Gasteiger partial charge on any atom is -0.211 e. The molecule has 1 aromatic heterocycles. The first-order chi connectivity index (χ1) is 10.6. The SMILES string of the molecule is CCCCCCCCCNS(=O)(=O)c1cccc2nsnc12. The lowest BCUT2D eigenvalue weighted by molar-refractivity contribution is 0.564. The Kier molecular flexibility index (Phi) is 6.72. The zero-order valence-corrected chi connectivity index (χ0v) is 14.5. The first-order valence-electron chi connectivity index (χ1n) is 7.86. The molecular formula is C15H23N3O2S2. The number of fused-ring (bicyclic) bond motifs is 1. The lowest BCUT2D eigenvalue weighted by Crippen LogP contribution is -2.25. The van der Waals surface area contributed by atoms with E-state index in [0.717, 1.165) is 24.6 Å². The summed E-state index contributed by atoms with van der Waals surface area (Å²) in [5.74, 6) is 0. The summed E-state index contributed by atoms with van der Waals surface area (Å²) in [6.07, 6.45) is 8.17. The van der Waals surface area contributed by atoms with Crippen molar-refractivity contribution in [3.8, 4) is 0 Å². The van der Waals surface area contributed by atoms with E-state index in [1.54, 1.807) is 18.2 Å². The van der Waals surface area contributed by atoms with E-state index in [1.807, 2.05) is 0 Å². The molecule has 0 aliphatic carbocycles. The molecule has 1 N–H and O–H groups in total. The molecule has 7 heteroatoms. The van der Waals surface area contributed by atoms with Crippen molar-refractivity contribution in [2.45, 2.75) is 56.8 Å². The van der Waals surface area contributed by atoms with E-state index in [4.69, 9.17) is 0 Å². The summed E-state index contributed by atoms with van der Waals surface area (Å²) in [6.45, 7) is 2.68. The molecule has 0 atom stereocenters. The average molecular weight is 342 g/mol. The maximum Gasteiger partial charge on any atom is 0.242 e. The fraction of sp³-hybridized carbons (Fsp3) is 0.600. The lowest BCUT2D eigenvalue weighted by atomic mass is 10.1. The van der Waals surface area contributed by atoms with Crippen molar-refractivity contribution >= 4 is 32.8 Å². The molecule has 0 bridgehead atoms. The standard InChI is InChI=1S/C15H23N3O2S2/c1-2-3-4-5-6-7-8-12-16-22(19,20)14-11-9-10-13-15(14)18-21-17-13/h9-11,16H,2-8,12H2,1H3. The summed E-state index contributed by atoms with van der Waals surface area (Å²) >= 11 is 1.03. The average Bonchev–Trinajstić information content (AvgIpc) is 2.98. The molecule has 22 heavy (non-hydrogen) atoms. The molecule has 2 rings (SSSR count). The van der Waals surface area contributed by atoms with E-state index in [2.05, 4.69) is 20.4 Å². The van der Waals surface area contributed by atoms with Gasteiger partial charge in [-0.1, -0.05) is 51.5 Å². The van der Waals surface area contributed by atoms with E-state index < -0.39 is 10.0 Å². The van der Waals surface area contributed by atoms with Crippen LogP contribution in [0.3, 0.4) is 0 Å². The van der Waals surface area contributed by atoms with E-state index in [-0.39, 0.29) is 4.90 Å². The van der Waals surface area contributed by atoms with Gasteiger partial charge in [0.05, 0.1) is 11.7 Å². The van der Waals surface area contributed by atoms with Crippen molar-refractivity contribution in [3.63, 3.8) is 0 Å². The van der Waals surface area contributed by atoms with Crippen LogP contribution in [-0.4, -0.2) is 23.7 Å². The molecule has 5 nitrogen and oxygen atoms in total. The predicted molar refractivity (Wildman–Crippen MR) is 90.6 cm³/mol. The number of unbranched alkanes of at least 4 members (excludes halogenated alkanes) is 6. The summed E-state index contributed by atoms with van der Waals surface area (Å²) in [5, 5.41) is 0. The molecular weight excluding hydrogens is 318 g/mol. The van der Waals surface area contributed by atoms with Gasteiger partial charge in [0.25, 0.3) is 0 Å². The number of aromatic nitrogens is 2. The van der Waals surface area contributed by atoms with Gasteiger partial charge in [0.2, 0.25) is 10.0 Å². The summed E-state index contributed by atoms with van der Waals surface area (Å²) < 4.78 is 35.5. The Morgan fingerprint density at radius 3 is 2.55 bits per heavy atom. The van der Waals surface area contributed by atoms with Crippen molar-refractivity contribution in [2.75, 3.05) is 6.54 Å². The second-order valence-electron chi connectivity index (χ2n) is 5.41. The third-order valence-electron chi connectivity index (χ3n) is 3.61. The van der Waals surface area contributed by atoms with Crippen LogP contribution in [0.1, 0.15) is 51.9 Å². The molecule has 0 radical (unpaired) electrons. The predicted octanol–water partition coefficient (Wildman–Crippen LogP) is 3.72. The van der Waals surface area contributed by atoms with Gasteiger partial charge < -0.3 is 0 Å². The fourth-order valence-corrected chi connectivity index (χ4v) is 4.20. The van der Waals surface area contributed by atoms with Crippen LogP contribution in [0.2, 0.25) is 0 Å². The van der Waals surface area contributed by atoms with Crippen LogP contribution in [0.5, 0.6) is 0 Å². The largest absolute Gasteiger partial charge is 0.242 e. The fourth-order valence-electron chi connectivity index (χ4n) is 2.36. The van der Waals surface area contributed by atoms with Gasteiger partial charge in [0, 0.05) is 6.54 Å². The van der Waals surface area contributed by atoms with E-state index in [9.17, 15) is 8.42 Å². The van der Waals surface area contributed by atoms with Crippen molar-refractivity contribution < 1.29 is 8.42 Å². The van der Waals surface area contributed by atoms with Crippen LogP contribution < -0.4 is 4.72 Å². The number of rotatable bonds is 10. The first-order valence-corrected chi connectivity index (χ1v) is 10.1. The third kappa shape index (κ3) is 4.72. The van der Waals surface area contributed by atoms with Gasteiger partial charge in [-0.05, 0) is 18.6 Å². The zero-order chi connectivity index (χ0) is 15.8. The molecule has 2 aromatic rings. The number of nitrogens with zero attached hydrogens (tertiary/aromatic N) is 2. The van der Waals surface area contributed by atoms with E-state index in [1.165, 1.54) is 32.1 Å². The van der Waals surface area contributed by atoms with Crippen LogP contribution in [-0.2, 0) is 10.0 Å². The number of hydrogen-bond donors (Lipinski definition) is 1. The molecule has 0 aliphatic heterocycles. The van der Waals surface area contributed by atoms with Gasteiger partial charge in [-0.15, -0.1) is 0 Å². The van der Waals surface area contributed by atoms with Gasteiger partial charge in [-0.2, -0.15) is 8.75 Å². The molecule has 0 fully saturated rings. The molecule has 1 aromatic carbocycles. The van der Waals surface area contributed by atoms with Crippen LogP contribution >= 0.6 is 11.7 Å². The molecule has 0 saturated heterocycles. The van der Waals surface area contributed by atoms with Crippen LogP contribution in [0, 0.1) is 0 Å². The lowest BCUT2D eigenvalue weighted by Gasteiger charge is -2.07. The minimum atomic E-state index is -3.50. The summed E-state index contributed by atoms with van der Waals surface area (Å²) in [7, 11) is -3.50. The van der Waals surface area contributed by atoms with Gasteiger partial charge in [0.1, 0.15) is 15.9 Å². The molecule has 0 saturated carbocycles. The summed E-state index contributed by atoms with van der Waals surface area (Å²) in [6, 6.07) is 5.05. The third-order valence-corrected chi connectivity index (χ3v) is 5.65. The molecule has 0 aliphatic rings. The Balaban J connectivity index is 1.81. The Morgan fingerprint density at radius 1 is 1.05 bits per heavy atom. The minimum absolute atomic E-state index is 0.224. The normalized spacial score (nSPS) is 12.0. The molecule has 0 spiro atoms. The zero-order valence-electron chi connectivity index (χ0n) is 12.9. The maximum absolute atomic E-state index is 12.3. The van der Waals surface area contributed by atoms with Crippen LogP contribution in [0.25, 0.3) is 11.0 Å². The van der Waals surface area contributed by atoms with E-state index in [0.29, 0.717) is 17.6 Å². The summed E-state index contributed by atoms with van der Waals surface area (Å²) in [4.78, 5) is 0.224. The molecule has 0 unspecified atom stereocenters. The Morgan fingerprint density at radius 2 is 1.77 bits per heavy atom. The van der Waals surface area contributed by atoms with Crippen molar-refractivity contribution in [1.82, 2.24) is 13.5 Å². The van der Waals surface area contributed by atoms with Gasteiger partial charge in [0.15, 0.2) is 0 Å². The van der Waals surface area contributed by atoms with Gasteiger partial charge in [-0.3, -0.25) is 0 Å². The highest BCUT2D eigenvalue weighted by atomic mass is 32.2. The molecule has 1 heterocycles.